The summed E-state index contributed by atoms with van der Waals surface area (Å²) in [5.41, 5.74) is 3.83. The average Bonchev–Trinajstić information content (AvgIpc) is 2.72. The van der Waals surface area contributed by atoms with Crippen molar-refractivity contribution < 1.29 is 4.90 Å². The van der Waals surface area contributed by atoms with E-state index in [0.29, 0.717) is 23.8 Å². The van der Waals surface area contributed by atoms with Gasteiger partial charge in [-0.1, -0.05) is 42.0 Å². The van der Waals surface area contributed by atoms with Crippen LogP contribution in [0.15, 0.2) is 59.4 Å². The van der Waals surface area contributed by atoms with Gasteiger partial charge in [0.1, 0.15) is 0 Å². The molecule has 5 nitrogen and oxygen atoms in total. The van der Waals surface area contributed by atoms with Crippen LogP contribution >= 0.6 is 12.2 Å². The van der Waals surface area contributed by atoms with Crippen LogP contribution in [0.5, 0.6) is 0 Å². The molecule has 30 heavy (non-hydrogen) atoms. The van der Waals surface area contributed by atoms with Crippen molar-refractivity contribution in [1.29, 1.82) is 0 Å². The van der Waals surface area contributed by atoms with Crippen LogP contribution in [0, 0.1) is 6.92 Å². The fourth-order valence-electron chi connectivity index (χ4n) is 3.45. The van der Waals surface area contributed by atoms with Gasteiger partial charge in [-0.2, -0.15) is 0 Å². The van der Waals surface area contributed by atoms with E-state index in [1.807, 2.05) is 36.4 Å². The van der Waals surface area contributed by atoms with Crippen LogP contribution in [0.25, 0.3) is 10.9 Å². The molecule has 0 aliphatic carbocycles. The summed E-state index contributed by atoms with van der Waals surface area (Å²) < 4.78 is 0. The maximum Gasteiger partial charge on any atom is 0.253 e. The minimum atomic E-state index is -0.0663. The molecule has 0 bridgehead atoms. The van der Waals surface area contributed by atoms with Gasteiger partial charge in [0, 0.05) is 30.6 Å². The Balaban J connectivity index is 1.81. The highest BCUT2D eigenvalue weighted by Gasteiger charge is 2.14. The van der Waals surface area contributed by atoms with Gasteiger partial charge in [-0.05, 0) is 48.3 Å². The van der Waals surface area contributed by atoms with E-state index in [-0.39, 0.29) is 5.56 Å². The van der Waals surface area contributed by atoms with Gasteiger partial charge < -0.3 is 20.1 Å². The van der Waals surface area contributed by atoms with E-state index in [1.165, 1.54) is 10.5 Å². The van der Waals surface area contributed by atoms with Crippen molar-refractivity contribution in [3.05, 3.63) is 81.6 Å². The van der Waals surface area contributed by atoms with Crippen molar-refractivity contribution in [2.75, 3.05) is 27.2 Å². The van der Waals surface area contributed by atoms with Gasteiger partial charge in [0.25, 0.3) is 5.56 Å². The lowest BCUT2D eigenvalue weighted by molar-refractivity contribution is -0.858. The first-order valence-corrected chi connectivity index (χ1v) is 10.8. The summed E-state index contributed by atoms with van der Waals surface area (Å²) >= 11 is 5.71. The Morgan fingerprint density at radius 1 is 1.10 bits per heavy atom. The third-order valence-corrected chi connectivity index (χ3v) is 5.47. The van der Waals surface area contributed by atoms with Gasteiger partial charge in [-0.3, -0.25) is 4.79 Å². The molecule has 1 aromatic heterocycles. The molecule has 3 rings (SSSR count). The zero-order chi connectivity index (χ0) is 21.5. The maximum absolute atomic E-state index is 12.7. The molecular weight excluding hydrogens is 392 g/mol. The van der Waals surface area contributed by atoms with Crippen molar-refractivity contribution in [2.45, 2.75) is 26.4 Å². The summed E-state index contributed by atoms with van der Waals surface area (Å²) in [4.78, 5) is 19.2. The molecule has 0 radical (unpaired) electrons. The van der Waals surface area contributed by atoms with E-state index in [0.717, 1.165) is 36.0 Å². The predicted molar refractivity (Wildman–Crippen MR) is 128 cm³/mol. The third kappa shape index (κ3) is 6.15. The molecule has 2 aromatic carbocycles. The molecule has 1 heterocycles. The minimum absolute atomic E-state index is 0.0663. The van der Waals surface area contributed by atoms with E-state index >= 15 is 0 Å². The second-order valence-corrected chi connectivity index (χ2v) is 8.49. The minimum Gasteiger partial charge on any atom is -0.362 e. The lowest BCUT2D eigenvalue weighted by Gasteiger charge is -2.26. The first-order valence-electron chi connectivity index (χ1n) is 10.4. The Kier molecular flexibility index (Phi) is 7.60. The molecule has 0 fully saturated rings. The van der Waals surface area contributed by atoms with E-state index in [4.69, 9.17) is 12.2 Å². The van der Waals surface area contributed by atoms with Crippen molar-refractivity contribution in [3.8, 4) is 0 Å². The number of aromatic amines is 1. The number of hydrogen-bond donors (Lipinski definition) is 3. The number of hydrogen-bond acceptors (Lipinski definition) is 2. The van der Waals surface area contributed by atoms with Gasteiger partial charge in [-0.15, -0.1) is 0 Å². The van der Waals surface area contributed by atoms with Crippen molar-refractivity contribution >= 4 is 28.2 Å². The molecule has 3 N–H and O–H groups in total. The summed E-state index contributed by atoms with van der Waals surface area (Å²) in [6.07, 6.45) is 1.04. The number of pyridine rings is 1. The van der Waals surface area contributed by atoms with Gasteiger partial charge in [0.05, 0.1) is 27.2 Å². The van der Waals surface area contributed by atoms with Crippen LogP contribution < -0.4 is 15.8 Å². The highest BCUT2D eigenvalue weighted by molar-refractivity contribution is 7.80. The molecule has 0 amide bonds. The van der Waals surface area contributed by atoms with Gasteiger partial charge in [0.2, 0.25) is 0 Å². The van der Waals surface area contributed by atoms with E-state index in [2.05, 4.69) is 54.4 Å². The number of fused-ring (bicyclic) bond motifs is 1. The van der Waals surface area contributed by atoms with Crippen LogP contribution in [-0.2, 0) is 13.1 Å². The lowest BCUT2D eigenvalue weighted by atomic mass is 10.1. The van der Waals surface area contributed by atoms with Crippen LogP contribution in [0.1, 0.15) is 23.1 Å². The predicted octanol–water partition coefficient (Wildman–Crippen LogP) is 2.25. The summed E-state index contributed by atoms with van der Waals surface area (Å²) in [5.74, 6) is 0. The van der Waals surface area contributed by atoms with Crippen LogP contribution in [0.3, 0.4) is 0 Å². The number of quaternary nitrogens is 1. The molecular formula is C24H31N4OS+. The lowest BCUT2D eigenvalue weighted by Crippen LogP contribution is -3.05. The van der Waals surface area contributed by atoms with E-state index in [9.17, 15) is 4.79 Å². The summed E-state index contributed by atoms with van der Waals surface area (Å²) in [5, 5.41) is 5.09. The largest absolute Gasteiger partial charge is 0.362 e. The number of rotatable bonds is 8. The molecule has 0 saturated carbocycles. The Bertz CT molecular complexity index is 1050. The first kappa shape index (κ1) is 22.0. The number of nitrogens with one attached hydrogen (secondary N) is 3. The van der Waals surface area contributed by atoms with E-state index < -0.39 is 0 Å². The number of nitrogens with zero attached hydrogens (tertiary/aromatic N) is 1. The quantitative estimate of drug-likeness (QED) is 0.384. The highest BCUT2D eigenvalue weighted by atomic mass is 32.1. The molecule has 0 atom stereocenters. The summed E-state index contributed by atoms with van der Waals surface area (Å²) in [7, 11) is 4.29. The van der Waals surface area contributed by atoms with Crippen LogP contribution in [0.4, 0.5) is 0 Å². The second kappa shape index (κ2) is 10.4. The number of aryl methyl sites for hydroxylation is 1. The number of benzene rings is 2. The smallest absolute Gasteiger partial charge is 0.253 e. The van der Waals surface area contributed by atoms with Crippen LogP contribution in [-0.4, -0.2) is 42.2 Å². The molecule has 158 valence electrons. The standard InChI is InChI=1S/C24H30N4OS/c1-18-10-11-22-20(14-18)15-21(23(29)26-22)17-28(16-19-8-5-4-6-9-19)24(30)25-12-7-13-27(2)3/h4-6,8-11,14-15H,7,12-13,16-17H2,1-3H3,(H,25,30)(H,26,29)/p+1. The van der Waals surface area contributed by atoms with E-state index in [1.54, 1.807) is 0 Å². The topological polar surface area (TPSA) is 52.6 Å². The molecule has 3 aromatic rings. The summed E-state index contributed by atoms with van der Waals surface area (Å²) in [6.45, 7) is 5.07. The normalized spacial score (nSPS) is 11.1. The molecule has 0 unspecified atom stereocenters. The molecule has 0 aliphatic heterocycles. The van der Waals surface area contributed by atoms with Crippen molar-refractivity contribution in [3.63, 3.8) is 0 Å². The molecule has 6 heteroatoms. The third-order valence-electron chi connectivity index (χ3n) is 5.07. The van der Waals surface area contributed by atoms with Gasteiger partial charge in [0.15, 0.2) is 5.11 Å². The highest BCUT2D eigenvalue weighted by Crippen LogP contribution is 2.15. The Labute approximate surface area is 183 Å². The Morgan fingerprint density at radius 3 is 2.60 bits per heavy atom. The second-order valence-electron chi connectivity index (χ2n) is 8.10. The zero-order valence-electron chi connectivity index (χ0n) is 18.0. The van der Waals surface area contributed by atoms with Crippen LogP contribution in [0.2, 0.25) is 0 Å². The first-order chi connectivity index (χ1) is 14.4. The number of thiocarbonyl (C=S) groups is 1. The van der Waals surface area contributed by atoms with Gasteiger partial charge in [-0.25, -0.2) is 0 Å². The summed E-state index contributed by atoms with van der Waals surface area (Å²) in [6, 6.07) is 18.3. The fraction of sp³-hybridized carbons (Fsp3) is 0.333. The molecule has 0 spiro atoms. The number of H-pyrrole nitrogens is 1. The van der Waals surface area contributed by atoms with Crippen molar-refractivity contribution in [1.82, 2.24) is 15.2 Å². The van der Waals surface area contributed by atoms with Gasteiger partial charge >= 0.3 is 0 Å². The number of aromatic nitrogens is 1. The SMILES string of the molecule is Cc1ccc2[nH]c(=O)c(CN(Cc3ccccc3)C(=S)NCCC[NH+](C)C)cc2c1. The maximum atomic E-state index is 12.7. The average molecular weight is 424 g/mol. The van der Waals surface area contributed by atoms with Crippen molar-refractivity contribution in [2.24, 2.45) is 0 Å². The molecule has 0 saturated heterocycles. The zero-order valence-corrected chi connectivity index (χ0v) is 18.8. The fourth-order valence-corrected chi connectivity index (χ4v) is 3.68. The molecule has 0 aliphatic rings. The Hall–Kier alpha value is -2.70. The monoisotopic (exact) mass is 423 g/mol. The Morgan fingerprint density at radius 2 is 1.87 bits per heavy atom.